The fraction of sp³-hybridized carbons (Fsp3) is 0.348. The van der Waals surface area contributed by atoms with Crippen molar-refractivity contribution in [2.24, 2.45) is 0 Å². The Morgan fingerprint density at radius 2 is 1.93 bits per heavy atom. The van der Waals surface area contributed by atoms with Gasteiger partial charge in [-0.3, -0.25) is 4.90 Å². The summed E-state index contributed by atoms with van der Waals surface area (Å²) in [7, 11) is 5.88. The summed E-state index contributed by atoms with van der Waals surface area (Å²) in [6, 6.07) is 14.5. The Labute approximate surface area is 180 Å². The van der Waals surface area contributed by atoms with Gasteiger partial charge in [0.25, 0.3) is 0 Å². The van der Waals surface area contributed by atoms with Gasteiger partial charge in [-0.05, 0) is 50.7 Å². The van der Waals surface area contributed by atoms with Crippen molar-refractivity contribution in [3.8, 4) is 17.2 Å². The first kappa shape index (κ1) is 19.2. The molecule has 1 N–H and O–H groups in total. The molecule has 1 saturated carbocycles. The summed E-state index contributed by atoms with van der Waals surface area (Å²) in [6.45, 7) is 0.296. The van der Waals surface area contributed by atoms with Gasteiger partial charge in [0.15, 0.2) is 16.6 Å². The van der Waals surface area contributed by atoms with E-state index in [1.165, 1.54) is 10.4 Å². The molecule has 0 saturated heterocycles. The average molecular weight is 424 g/mol. The highest BCUT2D eigenvalue weighted by Gasteiger charge is 2.45. The monoisotopic (exact) mass is 423 g/mol. The van der Waals surface area contributed by atoms with Crippen LogP contribution in [-0.2, 0) is 5.54 Å². The number of nitrogens with zero attached hydrogens (tertiary/aromatic N) is 2. The minimum absolute atomic E-state index is 0.0752. The molecule has 1 atom stereocenters. The Hall–Kier alpha value is -2.77. The number of ether oxygens (including phenoxy) is 3. The molecule has 0 spiro atoms. The highest BCUT2D eigenvalue weighted by molar-refractivity contribution is 7.15. The second kappa shape index (κ2) is 7.49. The molecule has 1 aromatic heterocycles. The molecule has 3 aromatic rings. The third kappa shape index (κ3) is 3.38. The van der Waals surface area contributed by atoms with Crippen LogP contribution in [-0.4, -0.2) is 37.9 Å². The Kier molecular flexibility index (Phi) is 4.79. The molecule has 1 unspecified atom stereocenters. The fourth-order valence-electron chi connectivity index (χ4n) is 4.06. The second-order valence-corrected chi connectivity index (χ2v) is 9.01. The number of hydrogen-bond acceptors (Lipinski definition) is 7. The molecule has 1 aliphatic heterocycles. The van der Waals surface area contributed by atoms with Gasteiger partial charge in [0, 0.05) is 16.6 Å². The predicted molar refractivity (Wildman–Crippen MR) is 118 cm³/mol. The van der Waals surface area contributed by atoms with Gasteiger partial charge in [-0.1, -0.05) is 24.3 Å². The molecule has 1 fully saturated rings. The Balaban J connectivity index is 1.41. The fourth-order valence-corrected chi connectivity index (χ4v) is 5.19. The molecule has 7 heteroatoms. The van der Waals surface area contributed by atoms with E-state index < -0.39 is 0 Å². The van der Waals surface area contributed by atoms with Crippen LogP contribution in [0.4, 0.5) is 5.13 Å². The maximum atomic E-state index is 5.61. The number of anilines is 1. The van der Waals surface area contributed by atoms with Crippen LogP contribution in [0.2, 0.25) is 0 Å². The molecular weight excluding hydrogens is 398 g/mol. The van der Waals surface area contributed by atoms with Crippen LogP contribution in [0.1, 0.15) is 34.9 Å². The van der Waals surface area contributed by atoms with E-state index in [0.717, 1.165) is 40.8 Å². The molecule has 5 rings (SSSR count). The van der Waals surface area contributed by atoms with Gasteiger partial charge in [0.05, 0.1) is 18.7 Å². The summed E-state index contributed by atoms with van der Waals surface area (Å²) in [6.07, 6.45) is 4.12. The quantitative estimate of drug-likeness (QED) is 0.598. The smallest absolute Gasteiger partial charge is 0.231 e. The van der Waals surface area contributed by atoms with E-state index in [2.05, 4.69) is 42.5 Å². The SMILES string of the molecule is COc1ccccc1C(c1cnc(NC2(c3ccc4c(c3)OCO4)CC2)s1)N(C)C. The number of hydrogen-bond donors (Lipinski definition) is 1. The van der Waals surface area contributed by atoms with Gasteiger partial charge in [-0.25, -0.2) is 4.98 Å². The van der Waals surface area contributed by atoms with Crippen LogP contribution in [0, 0.1) is 0 Å². The van der Waals surface area contributed by atoms with Crippen molar-refractivity contribution < 1.29 is 14.2 Å². The van der Waals surface area contributed by atoms with Crippen molar-refractivity contribution >= 4 is 16.5 Å². The maximum absolute atomic E-state index is 5.61. The summed E-state index contributed by atoms with van der Waals surface area (Å²) >= 11 is 1.69. The molecule has 0 bridgehead atoms. The zero-order valence-corrected chi connectivity index (χ0v) is 18.2. The zero-order valence-electron chi connectivity index (χ0n) is 17.3. The summed E-state index contributed by atoms with van der Waals surface area (Å²) < 4.78 is 16.6. The lowest BCUT2D eigenvalue weighted by molar-refractivity contribution is 0.174. The topological polar surface area (TPSA) is 55.9 Å². The molecule has 2 aliphatic rings. The standard InChI is InChI=1S/C23H25N3O3S/c1-26(2)21(16-6-4-5-7-17(16)27-3)20-13-24-22(30-20)25-23(10-11-23)15-8-9-18-19(12-15)29-14-28-18/h4-9,12-13,21H,10-11,14H2,1-3H3,(H,24,25). The number of methoxy groups -OCH3 is 1. The zero-order chi connectivity index (χ0) is 20.7. The normalized spacial score (nSPS) is 17.1. The van der Waals surface area contributed by atoms with E-state index in [9.17, 15) is 0 Å². The van der Waals surface area contributed by atoms with Crippen LogP contribution < -0.4 is 19.5 Å². The molecule has 30 heavy (non-hydrogen) atoms. The Morgan fingerprint density at radius 1 is 1.13 bits per heavy atom. The first-order valence-corrected chi connectivity index (χ1v) is 10.8. The largest absolute Gasteiger partial charge is 0.496 e. The van der Waals surface area contributed by atoms with Crippen molar-refractivity contribution in [2.75, 3.05) is 33.3 Å². The third-order valence-electron chi connectivity index (χ3n) is 5.76. The summed E-state index contributed by atoms with van der Waals surface area (Å²) in [5.74, 6) is 2.53. The molecule has 156 valence electrons. The second-order valence-electron chi connectivity index (χ2n) is 7.95. The minimum Gasteiger partial charge on any atom is -0.496 e. The van der Waals surface area contributed by atoms with E-state index >= 15 is 0 Å². The summed E-state index contributed by atoms with van der Waals surface area (Å²) in [5.41, 5.74) is 2.28. The van der Waals surface area contributed by atoms with Gasteiger partial charge < -0.3 is 19.5 Å². The van der Waals surface area contributed by atoms with Gasteiger partial charge in [0.2, 0.25) is 6.79 Å². The number of aromatic nitrogens is 1. The molecular formula is C23H25N3O3S. The first-order chi connectivity index (χ1) is 14.6. The van der Waals surface area contributed by atoms with Gasteiger partial charge in [-0.2, -0.15) is 0 Å². The maximum Gasteiger partial charge on any atom is 0.231 e. The molecule has 6 nitrogen and oxygen atoms in total. The van der Waals surface area contributed by atoms with Crippen molar-refractivity contribution in [2.45, 2.75) is 24.4 Å². The van der Waals surface area contributed by atoms with Crippen LogP contribution in [0.3, 0.4) is 0 Å². The number of rotatable bonds is 7. The molecule has 1 aliphatic carbocycles. The Morgan fingerprint density at radius 3 is 2.70 bits per heavy atom. The van der Waals surface area contributed by atoms with E-state index in [1.54, 1.807) is 18.4 Å². The average Bonchev–Trinajstić information content (AvgIpc) is 3.16. The molecule has 2 heterocycles. The van der Waals surface area contributed by atoms with Gasteiger partial charge in [0.1, 0.15) is 5.75 Å². The van der Waals surface area contributed by atoms with Crippen molar-refractivity contribution in [3.05, 3.63) is 64.7 Å². The van der Waals surface area contributed by atoms with Crippen LogP contribution in [0.5, 0.6) is 17.2 Å². The van der Waals surface area contributed by atoms with Gasteiger partial charge >= 0.3 is 0 Å². The molecule has 0 radical (unpaired) electrons. The number of fused-ring (bicyclic) bond motifs is 1. The van der Waals surface area contributed by atoms with Crippen molar-refractivity contribution in [1.82, 2.24) is 9.88 Å². The van der Waals surface area contributed by atoms with Crippen molar-refractivity contribution in [3.63, 3.8) is 0 Å². The summed E-state index contributed by atoms with van der Waals surface area (Å²) in [5, 5.41) is 4.62. The first-order valence-electron chi connectivity index (χ1n) is 10.0. The molecule has 2 aromatic carbocycles. The van der Waals surface area contributed by atoms with Crippen LogP contribution in [0.25, 0.3) is 0 Å². The number of nitrogens with one attached hydrogen (secondary N) is 1. The lowest BCUT2D eigenvalue weighted by atomic mass is 10.0. The van der Waals surface area contributed by atoms with Gasteiger partial charge in [-0.15, -0.1) is 11.3 Å². The molecule has 0 amide bonds. The van der Waals surface area contributed by atoms with E-state index in [1.807, 2.05) is 30.5 Å². The number of thiazole rings is 1. The van der Waals surface area contributed by atoms with E-state index in [0.29, 0.717) is 6.79 Å². The third-order valence-corrected chi connectivity index (χ3v) is 6.73. The lowest BCUT2D eigenvalue weighted by Crippen LogP contribution is -2.20. The lowest BCUT2D eigenvalue weighted by Gasteiger charge is -2.25. The van der Waals surface area contributed by atoms with Crippen LogP contribution >= 0.6 is 11.3 Å². The van der Waals surface area contributed by atoms with E-state index in [4.69, 9.17) is 19.2 Å². The minimum atomic E-state index is -0.0752. The number of para-hydroxylation sites is 1. The van der Waals surface area contributed by atoms with E-state index in [-0.39, 0.29) is 11.6 Å². The number of benzene rings is 2. The Bertz CT molecular complexity index is 1060. The summed E-state index contributed by atoms with van der Waals surface area (Å²) in [4.78, 5) is 8.08. The van der Waals surface area contributed by atoms with Crippen molar-refractivity contribution in [1.29, 1.82) is 0 Å². The van der Waals surface area contributed by atoms with Crippen LogP contribution in [0.15, 0.2) is 48.7 Å². The predicted octanol–water partition coefficient (Wildman–Crippen LogP) is 4.63. The highest BCUT2D eigenvalue weighted by atomic mass is 32.1. The highest BCUT2D eigenvalue weighted by Crippen LogP contribution is 2.51.